The molecule has 1 aliphatic carbocycles. The molecule has 0 unspecified atom stereocenters. The van der Waals surface area contributed by atoms with Gasteiger partial charge in [-0.1, -0.05) is 12.1 Å². The van der Waals surface area contributed by atoms with E-state index in [9.17, 15) is 35.1 Å². The van der Waals surface area contributed by atoms with Gasteiger partial charge in [-0.25, -0.2) is 9.59 Å². The van der Waals surface area contributed by atoms with Gasteiger partial charge in [0.15, 0.2) is 18.9 Å². The Labute approximate surface area is 230 Å². The maximum atomic E-state index is 12.5. The quantitative estimate of drug-likeness (QED) is 0.204. The highest BCUT2D eigenvalue weighted by atomic mass is 16.8. The third-order valence-electron chi connectivity index (χ3n) is 7.31. The molecule has 0 spiro atoms. The van der Waals surface area contributed by atoms with Gasteiger partial charge in [-0.15, -0.1) is 0 Å². The van der Waals surface area contributed by atoms with Gasteiger partial charge in [-0.2, -0.15) is 0 Å². The van der Waals surface area contributed by atoms with Crippen LogP contribution in [-0.4, -0.2) is 107 Å². The summed E-state index contributed by atoms with van der Waals surface area (Å²) >= 11 is 0. The molecule has 0 aromatic heterocycles. The minimum absolute atomic E-state index is 0.0738. The number of carbonyl (C=O) groups excluding carboxylic acids is 2. The fourth-order valence-electron chi connectivity index (χ4n) is 5.14. The highest BCUT2D eigenvalue weighted by Crippen LogP contribution is 2.49. The lowest BCUT2D eigenvalue weighted by molar-refractivity contribution is -0.363. The van der Waals surface area contributed by atoms with Crippen LogP contribution in [0.2, 0.25) is 0 Å². The Hall–Kier alpha value is -2.88. The number of aromatic hydroxyl groups is 1. The van der Waals surface area contributed by atoms with Gasteiger partial charge < -0.3 is 54.0 Å². The van der Waals surface area contributed by atoms with Gasteiger partial charge in [0.05, 0.1) is 24.2 Å². The van der Waals surface area contributed by atoms with Crippen molar-refractivity contribution >= 4 is 18.0 Å². The standard InChI is InChI=1S/C27H34O13/c1-27(34)11-10-15-18(23(33)35-2)24(36-3)39-25(19(15)27)40-26-22(32)21(31)20(30)16(38-26)12-37-17(29)9-6-13-4-7-14(28)8-5-13/h4-9,16,19-22,24-26,28,30-32,34H,10-12H2,1-3H3/t16-,19+,20-,21+,22-,24-,25-,26+,27+/m1/s1. The Balaban J connectivity index is 1.47. The lowest BCUT2D eigenvalue weighted by atomic mass is 9.85. The van der Waals surface area contributed by atoms with Crippen molar-refractivity contribution in [2.45, 2.75) is 68.7 Å². The van der Waals surface area contributed by atoms with E-state index in [1.54, 1.807) is 19.1 Å². The largest absolute Gasteiger partial charge is 0.508 e. The Kier molecular flexibility index (Phi) is 9.27. The van der Waals surface area contributed by atoms with Crippen molar-refractivity contribution in [1.82, 2.24) is 0 Å². The SMILES string of the molecule is COC(=O)C1=C2CC[C@](C)(O)[C@@H]2[C@@H](O[C@@H]2O[C@H](COC(=O)C=Cc3ccc(O)cc3)[C@@H](O)[C@H](O)[C@H]2O)O[C@H]1OC. The zero-order chi connectivity index (χ0) is 29.2. The van der Waals surface area contributed by atoms with Gasteiger partial charge in [0, 0.05) is 13.2 Å². The number of phenols is 1. The molecular weight excluding hydrogens is 532 g/mol. The first-order chi connectivity index (χ1) is 19.0. The van der Waals surface area contributed by atoms with E-state index < -0.39 is 73.4 Å². The summed E-state index contributed by atoms with van der Waals surface area (Å²) in [5.74, 6) is -2.25. The van der Waals surface area contributed by atoms with Crippen LogP contribution in [0.5, 0.6) is 5.75 Å². The van der Waals surface area contributed by atoms with E-state index in [-0.39, 0.29) is 17.7 Å². The minimum Gasteiger partial charge on any atom is -0.508 e. The van der Waals surface area contributed by atoms with Crippen molar-refractivity contribution in [2.24, 2.45) is 5.92 Å². The molecule has 3 aliphatic rings. The van der Waals surface area contributed by atoms with Gasteiger partial charge >= 0.3 is 11.9 Å². The van der Waals surface area contributed by atoms with Crippen LogP contribution in [0.3, 0.4) is 0 Å². The highest BCUT2D eigenvalue weighted by molar-refractivity contribution is 5.90. The fraction of sp³-hybridized carbons (Fsp3) is 0.556. The number of ether oxygens (including phenoxy) is 6. The molecule has 13 nitrogen and oxygen atoms in total. The van der Waals surface area contributed by atoms with Gasteiger partial charge in [-0.05, 0) is 49.1 Å². The Morgan fingerprint density at radius 3 is 2.40 bits per heavy atom. The predicted molar refractivity (Wildman–Crippen MR) is 134 cm³/mol. The van der Waals surface area contributed by atoms with Crippen LogP contribution in [0.1, 0.15) is 25.3 Å². The number of fused-ring (bicyclic) bond motifs is 1. The number of benzene rings is 1. The van der Waals surface area contributed by atoms with Gasteiger partial charge in [0.2, 0.25) is 0 Å². The van der Waals surface area contributed by atoms with Crippen molar-refractivity contribution in [3.8, 4) is 5.75 Å². The van der Waals surface area contributed by atoms with Crippen molar-refractivity contribution in [1.29, 1.82) is 0 Å². The average molecular weight is 567 g/mol. The van der Waals surface area contributed by atoms with Crippen LogP contribution < -0.4 is 0 Å². The average Bonchev–Trinajstić information content (AvgIpc) is 3.26. The van der Waals surface area contributed by atoms with Gasteiger partial charge in [-0.3, -0.25) is 0 Å². The van der Waals surface area contributed by atoms with Gasteiger partial charge in [0.25, 0.3) is 0 Å². The fourth-order valence-corrected chi connectivity index (χ4v) is 5.14. The van der Waals surface area contributed by atoms with E-state index in [4.69, 9.17) is 28.4 Å². The molecule has 13 heteroatoms. The van der Waals surface area contributed by atoms with E-state index in [1.165, 1.54) is 32.4 Å². The molecule has 1 saturated heterocycles. The van der Waals surface area contributed by atoms with Crippen LogP contribution in [0.25, 0.3) is 6.08 Å². The summed E-state index contributed by atoms with van der Waals surface area (Å²) in [4.78, 5) is 24.7. The van der Waals surface area contributed by atoms with Crippen molar-refractivity contribution in [2.75, 3.05) is 20.8 Å². The number of aliphatic hydroxyl groups excluding tert-OH is 3. The summed E-state index contributed by atoms with van der Waals surface area (Å²) < 4.78 is 32.7. The zero-order valence-electron chi connectivity index (χ0n) is 22.2. The number of esters is 2. The van der Waals surface area contributed by atoms with Crippen LogP contribution in [0.4, 0.5) is 0 Å². The maximum Gasteiger partial charge on any atom is 0.338 e. The Morgan fingerprint density at radius 1 is 1.05 bits per heavy atom. The number of aliphatic hydroxyl groups is 4. The second kappa shape index (κ2) is 12.3. The van der Waals surface area contributed by atoms with E-state index in [0.29, 0.717) is 17.6 Å². The summed E-state index contributed by atoms with van der Waals surface area (Å²) in [5.41, 5.74) is -0.117. The van der Waals surface area contributed by atoms with E-state index in [1.807, 2.05) is 0 Å². The van der Waals surface area contributed by atoms with Crippen LogP contribution >= 0.6 is 0 Å². The first-order valence-electron chi connectivity index (χ1n) is 12.7. The van der Waals surface area contributed by atoms with Gasteiger partial charge in [0.1, 0.15) is 36.8 Å². The van der Waals surface area contributed by atoms with Crippen LogP contribution in [-0.2, 0) is 38.0 Å². The molecule has 5 N–H and O–H groups in total. The maximum absolute atomic E-state index is 12.5. The minimum atomic E-state index is -1.73. The first-order valence-corrected chi connectivity index (χ1v) is 12.7. The first kappa shape index (κ1) is 30.1. The highest BCUT2D eigenvalue weighted by Gasteiger charge is 2.55. The lowest BCUT2D eigenvalue weighted by Crippen LogP contribution is -2.61. The van der Waals surface area contributed by atoms with Crippen molar-refractivity contribution in [3.63, 3.8) is 0 Å². The van der Waals surface area contributed by atoms with E-state index in [0.717, 1.165) is 6.08 Å². The third kappa shape index (κ3) is 6.21. The van der Waals surface area contributed by atoms with Crippen LogP contribution in [0, 0.1) is 5.92 Å². The van der Waals surface area contributed by atoms with Crippen molar-refractivity contribution in [3.05, 3.63) is 47.1 Å². The normalized spacial score (nSPS) is 36.0. The molecule has 4 rings (SSSR count). The summed E-state index contributed by atoms with van der Waals surface area (Å²) in [5, 5.41) is 51.9. The van der Waals surface area contributed by atoms with Crippen molar-refractivity contribution < 1.29 is 63.5 Å². The molecule has 40 heavy (non-hydrogen) atoms. The number of rotatable bonds is 8. The second-order valence-corrected chi connectivity index (χ2v) is 10.0. The molecule has 9 atom stereocenters. The van der Waals surface area contributed by atoms with E-state index in [2.05, 4.69) is 0 Å². The number of phenolic OH excluding ortho intramolecular Hbond substituents is 1. The van der Waals surface area contributed by atoms with E-state index >= 15 is 0 Å². The monoisotopic (exact) mass is 566 g/mol. The smallest absolute Gasteiger partial charge is 0.338 e. The summed E-state index contributed by atoms with van der Waals surface area (Å²) in [6, 6.07) is 6.08. The number of methoxy groups -OCH3 is 2. The molecule has 1 aromatic rings. The molecule has 220 valence electrons. The van der Waals surface area contributed by atoms with Crippen LogP contribution in [0.15, 0.2) is 41.5 Å². The molecule has 2 fully saturated rings. The topological polar surface area (TPSA) is 191 Å². The summed E-state index contributed by atoms with van der Waals surface area (Å²) in [6.07, 6.45) is -7.25. The summed E-state index contributed by atoms with van der Waals surface area (Å²) in [6.45, 7) is 1.06. The molecule has 1 saturated carbocycles. The summed E-state index contributed by atoms with van der Waals surface area (Å²) in [7, 11) is 2.52. The molecule has 2 aliphatic heterocycles. The molecular formula is C27H34O13. The third-order valence-corrected chi connectivity index (χ3v) is 7.31. The lowest BCUT2D eigenvalue weighted by Gasteiger charge is -2.44. The zero-order valence-corrected chi connectivity index (χ0v) is 22.2. The Bertz CT molecular complexity index is 1130. The number of hydrogen-bond donors (Lipinski definition) is 5. The molecule has 1 aromatic carbocycles. The number of hydrogen-bond acceptors (Lipinski definition) is 13. The molecule has 0 amide bonds. The molecule has 0 radical (unpaired) electrons. The number of carbonyl (C=O) groups is 2. The Morgan fingerprint density at radius 2 is 1.75 bits per heavy atom. The second-order valence-electron chi connectivity index (χ2n) is 10.0. The predicted octanol–water partition coefficient (Wildman–Crippen LogP) is -0.268. The molecule has 2 heterocycles. The molecule has 0 bridgehead atoms.